The Morgan fingerprint density at radius 3 is 1.44 bits per heavy atom. The average Bonchev–Trinajstić information content (AvgIpc) is 2.23. The van der Waals surface area contributed by atoms with Crippen LogP contribution in [0.5, 0.6) is 0 Å². The SMILES string of the molecule is CC(Br)C(Br)(Br)COS(=O)OCC(Br)(Br)C(C)Br. The molecule has 0 bridgehead atoms. The molecule has 10 heteroatoms. The van der Waals surface area contributed by atoms with Crippen LogP contribution in [0.15, 0.2) is 0 Å². The summed E-state index contributed by atoms with van der Waals surface area (Å²) in [6.07, 6.45) is 0. The molecule has 0 aromatic rings. The molecule has 0 saturated heterocycles. The molecule has 0 aromatic carbocycles. The minimum absolute atomic E-state index is 0.0935. The summed E-state index contributed by atoms with van der Waals surface area (Å²) in [7, 11) is 0. The standard InChI is InChI=1S/C8H12Br6O3S/c1-5(9)7(11,12)3-16-18(15)17-4-8(13,14)6(2)10/h5-6H,3-4H2,1-2H3. The molecule has 0 rings (SSSR count). The molecule has 0 aliphatic carbocycles. The van der Waals surface area contributed by atoms with Gasteiger partial charge in [0.2, 0.25) is 0 Å². The first kappa shape index (κ1) is 20.9. The maximum atomic E-state index is 11.5. The van der Waals surface area contributed by atoms with E-state index in [1.807, 2.05) is 13.8 Å². The molecular formula is C8H12Br6O3S. The number of alkyl halides is 6. The lowest BCUT2D eigenvalue weighted by Crippen LogP contribution is -2.31. The molecule has 0 aliphatic rings. The van der Waals surface area contributed by atoms with Crippen LogP contribution in [-0.4, -0.2) is 33.5 Å². The number of halogens is 6. The lowest BCUT2D eigenvalue weighted by atomic mass is 10.4. The summed E-state index contributed by atoms with van der Waals surface area (Å²) in [5.41, 5.74) is 0. The summed E-state index contributed by atoms with van der Waals surface area (Å²) in [4.78, 5) is 0.187. The van der Waals surface area contributed by atoms with E-state index in [4.69, 9.17) is 8.37 Å². The van der Waals surface area contributed by atoms with Crippen molar-refractivity contribution in [1.29, 1.82) is 0 Å². The molecule has 0 aliphatic heterocycles. The molecule has 18 heavy (non-hydrogen) atoms. The fourth-order valence-corrected chi connectivity index (χ4v) is 2.48. The third kappa shape index (κ3) is 8.41. The second kappa shape index (κ2) is 9.17. The summed E-state index contributed by atoms with van der Waals surface area (Å²) >= 11 is 18.7. The van der Waals surface area contributed by atoms with E-state index < -0.39 is 17.8 Å². The highest BCUT2D eigenvalue weighted by Gasteiger charge is 2.32. The predicted octanol–water partition coefficient (Wildman–Crippen LogP) is 5.14. The van der Waals surface area contributed by atoms with E-state index in [0.29, 0.717) is 0 Å². The van der Waals surface area contributed by atoms with E-state index >= 15 is 0 Å². The van der Waals surface area contributed by atoms with Crippen LogP contribution in [0.2, 0.25) is 0 Å². The second-order valence-corrected chi connectivity index (χ2v) is 14.9. The van der Waals surface area contributed by atoms with E-state index in [-0.39, 0.29) is 22.9 Å². The Balaban J connectivity index is 4.08. The maximum absolute atomic E-state index is 11.5. The molecule has 2 atom stereocenters. The molecule has 0 saturated carbocycles. The van der Waals surface area contributed by atoms with Gasteiger partial charge in [-0.25, -0.2) is 0 Å². The molecule has 2 unspecified atom stereocenters. The van der Waals surface area contributed by atoms with Gasteiger partial charge in [0.05, 0.1) is 13.2 Å². The Kier molecular flexibility index (Phi) is 10.7. The first-order valence-electron chi connectivity index (χ1n) is 4.71. The van der Waals surface area contributed by atoms with Crippen LogP contribution >= 0.6 is 95.6 Å². The van der Waals surface area contributed by atoms with E-state index in [9.17, 15) is 4.21 Å². The third-order valence-corrected chi connectivity index (χ3v) is 10.2. The monoisotopic (exact) mass is 662 g/mol. The molecule has 0 fully saturated rings. The van der Waals surface area contributed by atoms with Crippen molar-refractivity contribution >= 4 is 107 Å². The van der Waals surface area contributed by atoms with Gasteiger partial charge in [0.1, 0.15) is 6.47 Å². The van der Waals surface area contributed by atoms with Gasteiger partial charge in [0.25, 0.3) is 0 Å². The Morgan fingerprint density at radius 1 is 0.944 bits per heavy atom. The van der Waals surface area contributed by atoms with E-state index in [2.05, 4.69) is 95.6 Å². The van der Waals surface area contributed by atoms with Gasteiger partial charge in [-0.1, -0.05) is 109 Å². The highest BCUT2D eigenvalue weighted by molar-refractivity contribution is 9.26. The lowest BCUT2D eigenvalue weighted by Gasteiger charge is -2.24. The zero-order valence-corrected chi connectivity index (χ0v) is 19.8. The van der Waals surface area contributed by atoms with Gasteiger partial charge in [-0.2, -0.15) is 4.21 Å². The van der Waals surface area contributed by atoms with Crippen molar-refractivity contribution in [1.82, 2.24) is 0 Å². The van der Waals surface area contributed by atoms with Gasteiger partial charge in [0.15, 0.2) is 0 Å². The fraction of sp³-hybridized carbons (Fsp3) is 1.00. The van der Waals surface area contributed by atoms with Crippen LogP contribution in [0, 0.1) is 0 Å². The molecule has 0 amide bonds. The predicted molar refractivity (Wildman–Crippen MR) is 98.0 cm³/mol. The van der Waals surface area contributed by atoms with Gasteiger partial charge in [0, 0.05) is 9.65 Å². The first-order valence-corrected chi connectivity index (χ1v) is 10.7. The summed E-state index contributed by atoms with van der Waals surface area (Å²) in [6.45, 7) is 4.25. The van der Waals surface area contributed by atoms with Gasteiger partial charge >= 0.3 is 11.4 Å². The minimum Gasteiger partial charge on any atom is -0.266 e. The van der Waals surface area contributed by atoms with Gasteiger partial charge < -0.3 is 0 Å². The van der Waals surface area contributed by atoms with Crippen LogP contribution < -0.4 is 0 Å². The largest absolute Gasteiger partial charge is 0.304 e. The van der Waals surface area contributed by atoms with Crippen molar-refractivity contribution in [3.63, 3.8) is 0 Å². The first-order chi connectivity index (χ1) is 7.99. The smallest absolute Gasteiger partial charge is 0.266 e. The highest BCUT2D eigenvalue weighted by atomic mass is 79.9. The third-order valence-electron chi connectivity index (χ3n) is 1.86. The highest BCUT2D eigenvalue weighted by Crippen LogP contribution is 2.36. The molecule has 0 radical (unpaired) electrons. The van der Waals surface area contributed by atoms with E-state index in [0.717, 1.165) is 0 Å². The summed E-state index contributed by atoms with van der Waals surface area (Å²) in [5.74, 6) is 0. The summed E-state index contributed by atoms with van der Waals surface area (Å²) < 4.78 is 20.8. The van der Waals surface area contributed by atoms with Crippen molar-refractivity contribution in [2.24, 2.45) is 0 Å². The Bertz CT molecular complexity index is 258. The number of hydrogen-bond donors (Lipinski definition) is 0. The van der Waals surface area contributed by atoms with Crippen LogP contribution in [0.25, 0.3) is 0 Å². The van der Waals surface area contributed by atoms with Crippen LogP contribution in [0.1, 0.15) is 13.8 Å². The molecule has 0 spiro atoms. The quantitative estimate of drug-likeness (QED) is 0.337. The minimum atomic E-state index is -1.81. The van der Waals surface area contributed by atoms with Crippen molar-refractivity contribution in [3.8, 4) is 0 Å². The lowest BCUT2D eigenvalue weighted by molar-refractivity contribution is 0.245. The molecule has 0 N–H and O–H groups in total. The van der Waals surface area contributed by atoms with Crippen molar-refractivity contribution in [3.05, 3.63) is 0 Å². The van der Waals surface area contributed by atoms with Gasteiger partial charge in [-0.3, -0.25) is 8.37 Å². The second-order valence-electron chi connectivity index (χ2n) is 3.48. The summed E-state index contributed by atoms with van der Waals surface area (Å²) in [6, 6.07) is 0. The number of rotatable bonds is 8. The topological polar surface area (TPSA) is 35.5 Å². The van der Waals surface area contributed by atoms with Crippen LogP contribution in [-0.2, 0) is 19.7 Å². The van der Waals surface area contributed by atoms with Crippen LogP contribution in [0.3, 0.4) is 0 Å². The van der Waals surface area contributed by atoms with Crippen molar-refractivity contribution in [2.75, 3.05) is 13.2 Å². The normalized spacial score (nSPS) is 18.4. The fourth-order valence-electron chi connectivity index (χ4n) is 0.517. The zero-order chi connectivity index (χ0) is 14.6. The van der Waals surface area contributed by atoms with Crippen LogP contribution in [0.4, 0.5) is 0 Å². The van der Waals surface area contributed by atoms with Gasteiger partial charge in [-0.05, 0) is 0 Å². The Hall–Kier alpha value is 2.95. The van der Waals surface area contributed by atoms with E-state index in [1.165, 1.54) is 0 Å². The van der Waals surface area contributed by atoms with Crippen molar-refractivity contribution in [2.45, 2.75) is 30.0 Å². The Labute approximate surface area is 161 Å². The summed E-state index contributed by atoms with van der Waals surface area (Å²) in [5, 5.41) is 0. The van der Waals surface area contributed by atoms with E-state index in [1.54, 1.807) is 0 Å². The maximum Gasteiger partial charge on any atom is 0.304 e. The molecule has 0 aromatic heterocycles. The molecule has 110 valence electrons. The average molecular weight is 668 g/mol. The van der Waals surface area contributed by atoms with Crippen molar-refractivity contribution < 1.29 is 12.6 Å². The molecular weight excluding hydrogens is 656 g/mol. The number of hydrogen-bond acceptors (Lipinski definition) is 3. The zero-order valence-electron chi connectivity index (χ0n) is 9.47. The molecule has 3 nitrogen and oxygen atoms in total. The van der Waals surface area contributed by atoms with Gasteiger partial charge in [-0.15, -0.1) is 0 Å². The Morgan fingerprint density at radius 2 is 1.22 bits per heavy atom. The molecule has 0 heterocycles.